The van der Waals surface area contributed by atoms with E-state index in [9.17, 15) is 27.2 Å². The molecule has 31 heavy (non-hydrogen) atoms. The average molecular weight is 440 g/mol. The Kier molecular flexibility index (Phi) is 6.67. The molecule has 0 aliphatic heterocycles. The van der Waals surface area contributed by atoms with Crippen molar-refractivity contribution >= 4 is 12.2 Å². The van der Waals surface area contributed by atoms with Crippen molar-refractivity contribution in [3.05, 3.63) is 53.4 Å². The maximum absolute atomic E-state index is 14.1. The highest BCUT2D eigenvalue weighted by molar-refractivity contribution is 5.91. The van der Waals surface area contributed by atoms with Gasteiger partial charge < -0.3 is 5.32 Å². The first-order valence-corrected chi connectivity index (χ1v) is 8.94. The van der Waals surface area contributed by atoms with Crippen LogP contribution in [0.3, 0.4) is 0 Å². The van der Waals surface area contributed by atoms with Crippen LogP contribution in [-0.2, 0) is 25.8 Å². The van der Waals surface area contributed by atoms with Gasteiger partial charge in [0.05, 0.1) is 36.7 Å². The van der Waals surface area contributed by atoms with E-state index in [4.69, 9.17) is 0 Å². The molecule has 1 amide bonds. The van der Waals surface area contributed by atoms with Gasteiger partial charge in [-0.05, 0) is 12.1 Å². The van der Waals surface area contributed by atoms with E-state index in [1.165, 1.54) is 21.8 Å². The van der Waals surface area contributed by atoms with E-state index in [2.05, 4.69) is 30.9 Å². The molecule has 10 nitrogen and oxygen atoms in total. The van der Waals surface area contributed by atoms with Gasteiger partial charge >= 0.3 is 6.18 Å². The molecule has 0 saturated heterocycles. The Bertz CT molecular complexity index is 1050. The van der Waals surface area contributed by atoms with E-state index >= 15 is 0 Å². The van der Waals surface area contributed by atoms with E-state index in [1.807, 2.05) is 0 Å². The molecule has 1 N–H and O–H groups in total. The van der Waals surface area contributed by atoms with Crippen LogP contribution in [0.25, 0.3) is 0 Å². The molecule has 1 unspecified atom stereocenters. The first-order valence-electron chi connectivity index (χ1n) is 8.94. The lowest BCUT2D eigenvalue weighted by Crippen LogP contribution is -2.24. The van der Waals surface area contributed by atoms with Gasteiger partial charge in [0.2, 0.25) is 0 Å². The van der Waals surface area contributed by atoms with Gasteiger partial charge in [-0.2, -0.15) is 13.2 Å². The van der Waals surface area contributed by atoms with Gasteiger partial charge in [0.15, 0.2) is 12.0 Å². The summed E-state index contributed by atoms with van der Waals surface area (Å²) in [6.45, 7) is -0.221. The average Bonchev–Trinajstić information content (AvgIpc) is 3.39. The lowest BCUT2D eigenvalue weighted by molar-refractivity contribution is -0.137. The third kappa shape index (κ3) is 6.13. The molecule has 0 aliphatic rings. The Balaban J connectivity index is 1.48. The number of halogens is 4. The zero-order chi connectivity index (χ0) is 22.4. The van der Waals surface area contributed by atoms with Gasteiger partial charge in [-0.25, -0.2) is 9.07 Å². The van der Waals surface area contributed by atoms with Crippen molar-refractivity contribution < 1.29 is 27.2 Å². The number of pyridine rings is 1. The normalized spacial score (nSPS) is 12.5. The SMILES string of the molecule is O=Cc1cn(CC(F)CCn2cc(C(=O)NCc3cc(C(F)(F)F)ccn3)nn2)nn1. The van der Waals surface area contributed by atoms with Gasteiger partial charge in [0.25, 0.3) is 5.91 Å². The summed E-state index contributed by atoms with van der Waals surface area (Å²) in [5.41, 5.74) is -0.817. The van der Waals surface area contributed by atoms with E-state index in [1.54, 1.807) is 0 Å². The molecule has 1 atom stereocenters. The molecule has 3 aromatic rings. The van der Waals surface area contributed by atoms with Crippen LogP contribution in [0.1, 0.15) is 38.7 Å². The maximum atomic E-state index is 14.1. The van der Waals surface area contributed by atoms with Crippen molar-refractivity contribution in [2.75, 3.05) is 0 Å². The van der Waals surface area contributed by atoms with E-state index in [0.717, 1.165) is 18.3 Å². The molecule has 0 bridgehead atoms. The molecular weight excluding hydrogens is 424 g/mol. The van der Waals surface area contributed by atoms with Crippen LogP contribution in [0, 0.1) is 0 Å². The van der Waals surface area contributed by atoms with Gasteiger partial charge in [-0.15, -0.1) is 10.2 Å². The zero-order valence-electron chi connectivity index (χ0n) is 15.8. The summed E-state index contributed by atoms with van der Waals surface area (Å²) >= 11 is 0. The fourth-order valence-corrected chi connectivity index (χ4v) is 2.55. The number of aryl methyl sites for hydroxylation is 1. The van der Waals surface area contributed by atoms with Crippen LogP contribution >= 0.6 is 0 Å². The number of aldehydes is 1. The second kappa shape index (κ2) is 9.40. The molecule has 0 aromatic carbocycles. The van der Waals surface area contributed by atoms with E-state index < -0.39 is 23.8 Å². The molecule has 0 saturated carbocycles. The van der Waals surface area contributed by atoms with Crippen molar-refractivity contribution in [2.24, 2.45) is 0 Å². The summed E-state index contributed by atoms with van der Waals surface area (Å²) in [4.78, 5) is 26.5. The number of hydrogen-bond donors (Lipinski definition) is 1. The van der Waals surface area contributed by atoms with Crippen molar-refractivity contribution in [3.8, 4) is 0 Å². The summed E-state index contributed by atoms with van der Waals surface area (Å²) in [5.74, 6) is -0.661. The number of rotatable bonds is 9. The zero-order valence-corrected chi connectivity index (χ0v) is 15.8. The summed E-state index contributed by atoms with van der Waals surface area (Å²) in [5, 5.41) is 17.0. The number of carbonyl (C=O) groups is 2. The lowest BCUT2D eigenvalue weighted by atomic mass is 10.2. The number of alkyl halides is 4. The van der Waals surface area contributed by atoms with Gasteiger partial charge in [-0.3, -0.25) is 19.3 Å². The highest BCUT2D eigenvalue weighted by Gasteiger charge is 2.30. The van der Waals surface area contributed by atoms with Crippen LogP contribution in [0.5, 0.6) is 0 Å². The second-order valence-corrected chi connectivity index (χ2v) is 6.45. The Labute approximate surface area is 172 Å². The van der Waals surface area contributed by atoms with Crippen molar-refractivity contribution in [3.63, 3.8) is 0 Å². The maximum Gasteiger partial charge on any atom is 0.416 e. The number of aromatic nitrogens is 7. The first kappa shape index (κ1) is 22.0. The van der Waals surface area contributed by atoms with Crippen LogP contribution in [0.15, 0.2) is 30.7 Å². The number of hydrogen-bond acceptors (Lipinski definition) is 7. The molecule has 3 aromatic heterocycles. The number of carbonyl (C=O) groups excluding carboxylic acids is 2. The summed E-state index contributed by atoms with van der Waals surface area (Å²) < 4.78 is 54.7. The van der Waals surface area contributed by atoms with Gasteiger partial charge in [0, 0.05) is 19.2 Å². The van der Waals surface area contributed by atoms with Crippen LogP contribution in [-0.4, -0.2) is 53.3 Å². The van der Waals surface area contributed by atoms with E-state index in [-0.39, 0.29) is 43.1 Å². The fourth-order valence-electron chi connectivity index (χ4n) is 2.55. The predicted octanol–water partition coefficient (Wildman–Crippen LogP) is 1.45. The molecule has 0 radical (unpaired) electrons. The van der Waals surface area contributed by atoms with E-state index in [0.29, 0.717) is 6.29 Å². The molecule has 0 aliphatic carbocycles. The quantitative estimate of drug-likeness (QED) is 0.395. The lowest BCUT2D eigenvalue weighted by Gasteiger charge is -2.08. The standard InChI is InChI=1S/C17H16F4N8O2/c18-12(7-29-8-14(10-30)24-26-29)2-4-28-9-15(25-27-28)16(31)23-6-13-5-11(1-3-22-13)17(19,20)21/h1,3,5,8-10,12H,2,4,6-7H2,(H,23,31). The Hall–Kier alpha value is -3.71. The minimum atomic E-state index is -4.51. The highest BCUT2D eigenvalue weighted by atomic mass is 19.4. The van der Waals surface area contributed by atoms with Crippen LogP contribution in [0.2, 0.25) is 0 Å². The van der Waals surface area contributed by atoms with Crippen molar-refractivity contribution in [1.29, 1.82) is 0 Å². The monoisotopic (exact) mass is 440 g/mol. The van der Waals surface area contributed by atoms with Gasteiger partial charge in [0.1, 0.15) is 11.9 Å². The molecule has 3 heterocycles. The van der Waals surface area contributed by atoms with Crippen LogP contribution in [0.4, 0.5) is 17.6 Å². The minimum Gasteiger partial charge on any atom is -0.345 e. The second-order valence-electron chi connectivity index (χ2n) is 6.45. The van der Waals surface area contributed by atoms with Crippen molar-refractivity contribution in [2.45, 2.75) is 38.4 Å². The topological polar surface area (TPSA) is 120 Å². The molecule has 164 valence electrons. The smallest absolute Gasteiger partial charge is 0.345 e. The molecular formula is C17H16F4N8O2. The van der Waals surface area contributed by atoms with Crippen molar-refractivity contribution in [1.82, 2.24) is 40.3 Å². The highest BCUT2D eigenvalue weighted by Crippen LogP contribution is 2.28. The third-order valence-corrected chi connectivity index (χ3v) is 4.08. The van der Waals surface area contributed by atoms with Crippen LogP contribution < -0.4 is 5.32 Å². The number of nitrogens with zero attached hydrogens (tertiary/aromatic N) is 7. The molecule has 3 rings (SSSR count). The first-order chi connectivity index (χ1) is 14.7. The summed E-state index contributed by atoms with van der Waals surface area (Å²) in [7, 11) is 0. The molecule has 0 spiro atoms. The Morgan fingerprint density at radius 1 is 1.19 bits per heavy atom. The number of amides is 1. The fraction of sp³-hybridized carbons (Fsp3) is 0.353. The van der Waals surface area contributed by atoms with Gasteiger partial charge in [-0.1, -0.05) is 10.4 Å². The molecule has 0 fully saturated rings. The predicted molar refractivity (Wildman–Crippen MR) is 95.4 cm³/mol. The Morgan fingerprint density at radius 2 is 1.97 bits per heavy atom. The largest absolute Gasteiger partial charge is 0.416 e. The minimum absolute atomic E-state index is 0.0293. The summed E-state index contributed by atoms with van der Waals surface area (Å²) in [6, 6.07) is 1.67. The third-order valence-electron chi connectivity index (χ3n) is 4.08. The molecule has 14 heteroatoms. The number of nitrogens with one attached hydrogen (secondary N) is 1. The summed E-state index contributed by atoms with van der Waals surface area (Å²) in [6.07, 6.45) is -1.67. The Morgan fingerprint density at radius 3 is 2.68 bits per heavy atom.